The average molecular weight is 420 g/mol. The lowest BCUT2D eigenvalue weighted by molar-refractivity contribution is -0.120. The van der Waals surface area contributed by atoms with E-state index in [4.69, 9.17) is 0 Å². The van der Waals surface area contributed by atoms with Crippen LogP contribution >= 0.6 is 0 Å². The first-order chi connectivity index (χ1) is 15.1. The van der Waals surface area contributed by atoms with Gasteiger partial charge in [-0.2, -0.15) is 5.10 Å². The molecule has 0 aromatic carbocycles. The first kappa shape index (κ1) is 20.5. The number of carbonyl (C=O) groups is 2. The molecule has 0 fully saturated rings. The number of likely N-dealkylation sites (N-methyl/N-ethyl adjacent to an activating group) is 1. The van der Waals surface area contributed by atoms with Crippen molar-refractivity contribution in [3.8, 4) is 0 Å². The third-order valence-electron chi connectivity index (χ3n) is 5.16. The highest BCUT2D eigenvalue weighted by molar-refractivity contribution is 6.25. The van der Waals surface area contributed by atoms with Gasteiger partial charge in [0.05, 0.1) is 22.7 Å². The fraction of sp³-hybridized carbons (Fsp3) is 0.286. The van der Waals surface area contributed by atoms with Gasteiger partial charge in [0.25, 0.3) is 5.91 Å². The van der Waals surface area contributed by atoms with E-state index >= 15 is 0 Å². The molecule has 160 valence electrons. The number of nitrogens with one attached hydrogen (secondary N) is 5. The third-order valence-corrected chi connectivity index (χ3v) is 5.16. The molecule has 1 amide bonds. The van der Waals surface area contributed by atoms with Crippen LogP contribution in [0.5, 0.6) is 0 Å². The molecule has 0 saturated heterocycles. The van der Waals surface area contributed by atoms with Crippen LogP contribution in [0.2, 0.25) is 0 Å². The summed E-state index contributed by atoms with van der Waals surface area (Å²) in [5.74, 6) is -0.770. The van der Waals surface area contributed by atoms with Crippen LogP contribution < -0.4 is 16.1 Å². The van der Waals surface area contributed by atoms with Gasteiger partial charge < -0.3 is 20.6 Å². The zero-order chi connectivity index (χ0) is 21.8. The summed E-state index contributed by atoms with van der Waals surface area (Å²) in [5, 5.41) is 10.3. The molecule has 0 aliphatic carbocycles. The van der Waals surface area contributed by atoms with Crippen molar-refractivity contribution < 1.29 is 9.59 Å². The molecule has 4 rings (SSSR count). The van der Waals surface area contributed by atoms with E-state index in [0.717, 1.165) is 24.3 Å². The maximum absolute atomic E-state index is 13.3. The Morgan fingerprint density at radius 2 is 2.23 bits per heavy atom. The van der Waals surface area contributed by atoms with E-state index in [2.05, 4.69) is 41.1 Å². The van der Waals surface area contributed by atoms with Crippen molar-refractivity contribution in [1.29, 1.82) is 0 Å². The Labute approximate surface area is 179 Å². The lowest BCUT2D eigenvalue weighted by Gasteiger charge is -2.16. The molecule has 5 N–H and O–H groups in total. The maximum Gasteiger partial charge on any atom is 0.254 e. The Hall–Kier alpha value is -3.79. The van der Waals surface area contributed by atoms with Gasteiger partial charge in [0.1, 0.15) is 5.92 Å². The second-order valence-electron chi connectivity index (χ2n) is 7.15. The van der Waals surface area contributed by atoms with Crippen LogP contribution in [0.3, 0.4) is 0 Å². The minimum Gasteiger partial charge on any atom is -0.359 e. The Kier molecular flexibility index (Phi) is 5.89. The minimum absolute atomic E-state index is 0.197. The molecule has 0 radical (unpaired) electrons. The predicted octanol–water partition coefficient (Wildman–Crippen LogP) is 1.02. The van der Waals surface area contributed by atoms with Crippen molar-refractivity contribution >= 4 is 29.7 Å². The van der Waals surface area contributed by atoms with Crippen LogP contribution in [-0.2, 0) is 11.2 Å². The van der Waals surface area contributed by atoms with E-state index in [1.165, 1.54) is 6.21 Å². The van der Waals surface area contributed by atoms with Gasteiger partial charge >= 0.3 is 0 Å². The normalized spacial score (nSPS) is 18.9. The monoisotopic (exact) mass is 420 g/mol. The van der Waals surface area contributed by atoms with Crippen LogP contribution in [0, 0.1) is 12.8 Å². The first-order valence-corrected chi connectivity index (χ1v) is 10.1. The number of ketones is 1. The van der Waals surface area contributed by atoms with Crippen molar-refractivity contribution in [2.24, 2.45) is 16.0 Å². The fourth-order valence-corrected chi connectivity index (χ4v) is 3.67. The van der Waals surface area contributed by atoms with Crippen molar-refractivity contribution in [3.63, 3.8) is 0 Å². The topological polar surface area (TPSA) is 139 Å². The Bertz CT molecular complexity index is 1100. The van der Waals surface area contributed by atoms with Gasteiger partial charge in [-0.15, -0.1) is 0 Å². The van der Waals surface area contributed by atoms with E-state index < -0.39 is 5.92 Å². The predicted molar refractivity (Wildman–Crippen MR) is 118 cm³/mol. The minimum atomic E-state index is -0.600. The number of carbonyl (C=O) groups excluding carboxylic acids is 2. The number of amides is 1. The van der Waals surface area contributed by atoms with Gasteiger partial charge in [0, 0.05) is 36.7 Å². The molecule has 4 heterocycles. The number of hydrogen-bond acceptors (Lipinski definition) is 7. The fourth-order valence-electron chi connectivity index (χ4n) is 3.67. The highest BCUT2D eigenvalue weighted by atomic mass is 16.2. The summed E-state index contributed by atoms with van der Waals surface area (Å²) in [6, 6.07) is 0. The number of H-pyrrole nitrogens is 2. The lowest BCUT2D eigenvalue weighted by Crippen LogP contribution is -2.32. The third kappa shape index (κ3) is 4.10. The van der Waals surface area contributed by atoms with Crippen LogP contribution in [0.1, 0.15) is 40.1 Å². The Morgan fingerprint density at radius 1 is 1.35 bits per heavy atom. The Balaban J connectivity index is 1.76. The van der Waals surface area contributed by atoms with Gasteiger partial charge in [-0.3, -0.25) is 14.6 Å². The number of nitrogens with zero attached hydrogens (tertiary/aromatic N) is 3. The van der Waals surface area contributed by atoms with Crippen molar-refractivity contribution in [3.05, 3.63) is 58.8 Å². The molecule has 31 heavy (non-hydrogen) atoms. The Morgan fingerprint density at radius 3 is 2.94 bits per heavy atom. The summed E-state index contributed by atoms with van der Waals surface area (Å²) >= 11 is 0. The number of imidazole rings is 1. The SMILES string of the molecule is CCNCCc1c(C)[nH]c(C=C2NC=CN=C2C2C=NNC2=O)c1C(=O)c1ncc[nH]1. The number of aromatic amines is 2. The van der Waals surface area contributed by atoms with Crippen molar-refractivity contribution in [2.45, 2.75) is 20.3 Å². The smallest absolute Gasteiger partial charge is 0.254 e. The average Bonchev–Trinajstić information content (AvgIpc) is 3.50. The molecule has 10 heteroatoms. The number of aryl methyl sites for hydroxylation is 1. The highest BCUT2D eigenvalue weighted by Crippen LogP contribution is 2.25. The molecular formula is C21H24N8O2. The van der Waals surface area contributed by atoms with E-state index in [0.29, 0.717) is 29.1 Å². The van der Waals surface area contributed by atoms with Crippen molar-refractivity contribution in [1.82, 2.24) is 31.0 Å². The van der Waals surface area contributed by atoms with Gasteiger partial charge in [-0.1, -0.05) is 6.92 Å². The van der Waals surface area contributed by atoms with E-state index in [1.54, 1.807) is 24.8 Å². The molecule has 0 bridgehead atoms. The van der Waals surface area contributed by atoms with Crippen molar-refractivity contribution in [2.75, 3.05) is 13.1 Å². The zero-order valence-corrected chi connectivity index (χ0v) is 17.3. The van der Waals surface area contributed by atoms with Gasteiger partial charge in [0.15, 0.2) is 5.82 Å². The number of hydrogen-bond donors (Lipinski definition) is 5. The highest BCUT2D eigenvalue weighted by Gasteiger charge is 2.30. The summed E-state index contributed by atoms with van der Waals surface area (Å²) in [6.45, 7) is 5.59. The molecule has 0 saturated carbocycles. The molecular weight excluding hydrogens is 396 g/mol. The summed E-state index contributed by atoms with van der Waals surface area (Å²) in [6.07, 6.45) is 10.5. The molecule has 10 nitrogen and oxygen atoms in total. The number of aliphatic imine (C=N–C) groups is 1. The molecule has 2 aromatic rings. The molecule has 2 aliphatic heterocycles. The summed E-state index contributed by atoms with van der Waals surface area (Å²) in [4.78, 5) is 40.2. The number of allylic oxidation sites excluding steroid dienone is 1. The van der Waals surface area contributed by atoms with Crippen LogP contribution in [-0.4, -0.2) is 51.7 Å². The molecule has 1 unspecified atom stereocenters. The molecule has 1 atom stereocenters. The standard InChI is InChI=1S/C21H24N8O2/c1-3-22-5-4-13-12(2)28-15(17(13)19(30)20-25-8-9-26-20)10-16-18(24-7-6-23-16)14-11-27-29-21(14)31/h6-11,14,22-23,28H,3-5H2,1-2H3,(H,25,26)(H,29,31). The largest absolute Gasteiger partial charge is 0.359 e. The molecule has 2 aromatic heterocycles. The second kappa shape index (κ2) is 8.92. The van der Waals surface area contributed by atoms with E-state index in [9.17, 15) is 9.59 Å². The maximum atomic E-state index is 13.3. The summed E-state index contributed by atoms with van der Waals surface area (Å²) in [7, 11) is 0. The van der Waals surface area contributed by atoms with E-state index in [-0.39, 0.29) is 17.5 Å². The van der Waals surface area contributed by atoms with Crippen LogP contribution in [0.15, 0.2) is 40.6 Å². The summed E-state index contributed by atoms with van der Waals surface area (Å²) in [5.41, 5.74) is 6.59. The lowest BCUT2D eigenvalue weighted by atomic mass is 9.97. The van der Waals surface area contributed by atoms with Crippen LogP contribution in [0.4, 0.5) is 0 Å². The number of aromatic nitrogens is 3. The van der Waals surface area contributed by atoms with Crippen LogP contribution in [0.25, 0.3) is 6.08 Å². The number of rotatable bonds is 8. The van der Waals surface area contributed by atoms with E-state index in [1.807, 2.05) is 19.9 Å². The van der Waals surface area contributed by atoms with Gasteiger partial charge in [-0.05, 0) is 38.1 Å². The zero-order valence-electron chi connectivity index (χ0n) is 17.3. The first-order valence-electron chi connectivity index (χ1n) is 10.1. The van der Waals surface area contributed by atoms with Gasteiger partial charge in [-0.25, -0.2) is 10.4 Å². The summed E-state index contributed by atoms with van der Waals surface area (Å²) < 4.78 is 0. The number of hydrazone groups is 1. The van der Waals surface area contributed by atoms with Gasteiger partial charge in [0.2, 0.25) is 5.78 Å². The molecule has 2 aliphatic rings. The second-order valence-corrected chi connectivity index (χ2v) is 7.15. The molecule has 0 spiro atoms. The quantitative estimate of drug-likeness (QED) is 0.320.